The highest BCUT2D eigenvalue weighted by molar-refractivity contribution is 7.98. The van der Waals surface area contributed by atoms with Crippen molar-refractivity contribution in [3.05, 3.63) is 29.8 Å². The number of nitrogens with two attached hydrogens (primary N) is 3. The second kappa shape index (κ2) is 17.5. The Hall–Kier alpha value is -4.05. The lowest BCUT2D eigenvalue weighted by molar-refractivity contribution is -0.143. The van der Waals surface area contributed by atoms with E-state index in [0.29, 0.717) is 11.3 Å². The molecule has 1 aromatic carbocycles. The molecule has 222 valence electrons. The van der Waals surface area contributed by atoms with Gasteiger partial charge < -0.3 is 48.5 Å². The number of carboxylic acid groups (broad SMARTS) is 2. The minimum atomic E-state index is -1.62. The van der Waals surface area contributed by atoms with Crippen LogP contribution in [0.4, 0.5) is 0 Å². The number of phenolic OH excluding ortho intramolecular Hbond substituents is 1. The van der Waals surface area contributed by atoms with Crippen molar-refractivity contribution < 1.29 is 39.3 Å². The van der Waals surface area contributed by atoms with E-state index in [2.05, 4.69) is 20.9 Å². The number of amides is 3. The van der Waals surface area contributed by atoms with Crippen molar-refractivity contribution in [3.8, 4) is 5.75 Å². The van der Waals surface area contributed by atoms with Crippen LogP contribution < -0.4 is 33.2 Å². The van der Waals surface area contributed by atoms with Gasteiger partial charge in [0.1, 0.15) is 23.9 Å². The number of guanidine groups is 1. The third-order valence-corrected chi connectivity index (χ3v) is 6.19. The summed E-state index contributed by atoms with van der Waals surface area (Å²) in [5, 5.41) is 35.2. The molecule has 1 aromatic rings. The summed E-state index contributed by atoms with van der Waals surface area (Å²) < 4.78 is 0. The fourth-order valence-corrected chi connectivity index (χ4v) is 3.92. The third-order valence-electron chi connectivity index (χ3n) is 5.54. The molecular formula is C24H37N7O8S. The molecule has 0 radical (unpaired) electrons. The SMILES string of the molecule is CSCCC(NC(=O)C(N)Cc1ccc(O)cc1)C(=O)NC(CC(=O)O)C(=O)NC(CCCN=C(N)N)C(=O)O. The van der Waals surface area contributed by atoms with Gasteiger partial charge in [0, 0.05) is 6.54 Å². The van der Waals surface area contributed by atoms with E-state index in [-0.39, 0.29) is 43.9 Å². The molecule has 40 heavy (non-hydrogen) atoms. The van der Waals surface area contributed by atoms with Gasteiger partial charge in [-0.05, 0) is 55.4 Å². The van der Waals surface area contributed by atoms with Crippen LogP contribution in [0.1, 0.15) is 31.2 Å². The topological polar surface area (TPSA) is 273 Å². The van der Waals surface area contributed by atoms with Crippen molar-refractivity contribution in [2.24, 2.45) is 22.2 Å². The standard InChI is InChI=1S/C24H37N7O8S/c1-40-10-8-16(29-20(35)15(25)11-13-4-6-14(32)7-5-13)21(36)31-18(12-19(33)34)22(37)30-17(23(38)39)3-2-9-28-24(26)27/h4-7,15-18,32H,2-3,8-12,25H2,1H3,(H,29,35)(H,30,37)(H,31,36)(H,33,34)(H,38,39)(H4,26,27,28). The van der Waals surface area contributed by atoms with E-state index in [9.17, 15) is 39.3 Å². The highest BCUT2D eigenvalue weighted by atomic mass is 32.2. The fourth-order valence-electron chi connectivity index (χ4n) is 3.45. The number of carbonyl (C=O) groups is 5. The van der Waals surface area contributed by atoms with Gasteiger partial charge >= 0.3 is 11.9 Å². The first-order valence-electron chi connectivity index (χ1n) is 12.3. The van der Waals surface area contributed by atoms with Crippen molar-refractivity contribution in [1.82, 2.24) is 16.0 Å². The molecule has 12 N–H and O–H groups in total. The van der Waals surface area contributed by atoms with E-state index in [1.165, 1.54) is 23.9 Å². The predicted molar refractivity (Wildman–Crippen MR) is 148 cm³/mol. The van der Waals surface area contributed by atoms with E-state index in [4.69, 9.17) is 17.2 Å². The second-order valence-electron chi connectivity index (χ2n) is 8.83. The van der Waals surface area contributed by atoms with E-state index < -0.39 is 60.2 Å². The number of aromatic hydroxyl groups is 1. The number of phenols is 1. The lowest BCUT2D eigenvalue weighted by atomic mass is 10.0. The first-order valence-corrected chi connectivity index (χ1v) is 13.7. The minimum Gasteiger partial charge on any atom is -0.508 e. The van der Waals surface area contributed by atoms with E-state index in [1.54, 1.807) is 18.4 Å². The Labute approximate surface area is 235 Å². The summed E-state index contributed by atoms with van der Waals surface area (Å²) in [6, 6.07) is 0.889. The number of carbonyl (C=O) groups excluding carboxylic acids is 3. The summed E-state index contributed by atoms with van der Waals surface area (Å²) in [5.41, 5.74) is 17.1. The van der Waals surface area contributed by atoms with Gasteiger partial charge in [0.2, 0.25) is 17.7 Å². The smallest absolute Gasteiger partial charge is 0.326 e. The van der Waals surface area contributed by atoms with Crippen LogP contribution in [0.2, 0.25) is 0 Å². The van der Waals surface area contributed by atoms with Gasteiger partial charge in [0.05, 0.1) is 12.5 Å². The van der Waals surface area contributed by atoms with Crippen LogP contribution in [0.15, 0.2) is 29.3 Å². The van der Waals surface area contributed by atoms with Crippen LogP contribution >= 0.6 is 11.8 Å². The Kier molecular flexibility index (Phi) is 14.9. The van der Waals surface area contributed by atoms with Gasteiger partial charge in [0.25, 0.3) is 0 Å². The summed E-state index contributed by atoms with van der Waals surface area (Å²) in [7, 11) is 0. The Morgan fingerprint density at radius 1 is 0.900 bits per heavy atom. The van der Waals surface area contributed by atoms with E-state index >= 15 is 0 Å². The zero-order chi connectivity index (χ0) is 30.2. The number of rotatable bonds is 18. The largest absolute Gasteiger partial charge is 0.508 e. The number of carboxylic acids is 2. The summed E-state index contributed by atoms with van der Waals surface area (Å²) >= 11 is 1.40. The van der Waals surface area contributed by atoms with Gasteiger partial charge in [-0.2, -0.15) is 11.8 Å². The molecule has 16 heteroatoms. The molecule has 4 atom stereocenters. The predicted octanol–water partition coefficient (Wildman–Crippen LogP) is -1.92. The molecule has 0 aliphatic carbocycles. The van der Waals surface area contributed by atoms with Crippen LogP contribution in [0, 0.1) is 0 Å². The molecular weight excluding hydrogens is 546 g/mol. The molecule has 4 unspecified atom stereocenters. The monoisotopic (exact) mass is 583 g/mol. The third kappa shape index (κ3) is 13.1. The van der Waals surface area contributed by atoms with Gasteiger partial charge in [-0.15, -0.1) is 0 Å². The maximum atomic E-state index is 13.1. The number of aliphatic carboxylic acids is 2. The number of benzene rings is 1. The van der Waals surface area contributed by atoms with Crippen molar-refractivity contribution >= 4 is 47.4 Å². The zero-order valence-electron chi connectivity index (χ0n) is 22.0. The molecule has 0 aromatic heterocycles. The molecule has 0 spiro atoms. The first kappa shape index (κ1) is 34.0. The Bertz CT molecular complexity index is 1050. The molecule has 3 amide bonds. The zero-order valence-corrected chi connectivity index (χ0v) is 22.9. The number of thioether (sulfide) groups is 1. The maximum absolute atomic E-state index is 13.1. The molecule has 1 rings (SSSR count). The molecule has 15 nitrogen and oxygen atoms in total. The molecule has 0 saturated heterocycles. The van der Waals surface area contributed by atoms with Crippen molar-refractivity contribution in [2.75, 3.05) is 18.6 Å². The quantitative estimate of drug-likeness (QED) is 0.0520. The number of nitrogens with one attached hydrogen (secondary N) is 3. The Morgan fingerprint density at radius 3 is 2.02 bits per heavy atom. The van der Waals surface area contributed by atoms with Gasteiger partial charge in [0.15, 0.2) is 5.96 Å². The van der Waals surface area contributed by atoms with Crippen LogP contribution in [-0.2, 0) is 30.4 Å². The molecule has 0 saturated carbocycles. The summed E-state index contributed by atoms with van der Waals surface area (Å²) in [6.07, 6.45) is 1.37. The number of hydrogen-bond donors (Lipinski definition) is 9. The van der Waals surface area contributed by atoms with Gasteiger partial charge in [-0.3, -0.25) is 24.2 Å². The van der Waals surface area contributed by atoms with Crippen LogP contribution in [0.3, 0.4) is 0 Å². The van der Waals surface area contributed by atoms with Crippen molar-refractivity contribution in [3.63, 3.8) is 0 Å². The molecule has 0 aliphatic rings. The molecule has 0 heterocycles. The van der Waals surface area contributed by atoms with Crippen LogP contribution in [-0.4, -0.2) is 93.7 Å². The maximum Gasteiger partial charge on any atom is 0.326 e. The van der Waals surface area contributed by atoms with Crippen LogP contribution in [0.5, 0.6) is 5.75 Å². The fraction of sp³-hybridized carbons (Fsp3) is 0.500. The highest BCUT2D eigenvalue weighted by Gasteiger charge is 2.31. The summed E-state index contributed by atoms with van der Waals surface area (Å²) in [5.74, 6) is -4.98. The Morgan fingerprint density at radius 2 is 1.48 bits per heavy atom. The average Bonchev–Trinajstić information content (AvgIpc) is 2.88. The Balaban J connectivity index is 2.93. The lowest BCUT2D eigenvalue weighted by Gasteiger charge is -2.24. The minimum absolute atomic E-state index is 0.0520. The summed E-state index contributed by atoms with van der Waals surface area (Å²) in [6.45, 7) is 0.114. The summed E-state index contributed by atoms with van der Waals surface area (Å²) in [4.78, 5) is 65.4. The molecule has 0 fully saturated rings. The van der Waals surface area contributed by atoms with Crippen LogP contribution in [0.25, 0.3) is 0 Å². The number of nitrogens with zero attached hydrogens (tertiary/aromatic N) is 1. The lowest BCUT2D eigenvalue weighted by Crippen LogP contribution is -2.57. The van der Waals surface area contributed by atoms with Crippen molar-refractivity contribution in [2.45, 2.75) is 56.3 Å². The van der Waals surface area contributed by atoms with E-state index in [0.717, 1.165) is 0 Å². The van der Waals surface area contributed by atoms with Crippen molar-refractivity contribution in [1.29, 1.82) is 0 Å². The highest BCUT2D eigenvalue weighted by Crippen LogP contribution is 2.11. The van der Waals surface area contributed by atoms with Gasteiger partial charge in [-0.1, -0.05) is 12.1 Å². The number of hydrogen-bond acceptors (Lipinski definition) is 9. The first-order chi connectivity index (χ1) is 18.8. The molecule has 0 aliphatic heterocycles. The molecule has 0 bridgehead atoms. The normalized spacial score (nSPS) is 13.7. The second-order valence-corrected chi connectivity index (χ2v) is 9.81. The average molecular weight is 584 g/mol. The van der Waals surface area contributed by atoms with Gasteiger partial charge in [-0.25, -0.2) is 4.79 Å². The number of aliphatic imine (C=N–C) groups is 1. The van der Waals surface area contributed by atoms with E-state index in [1.807, 2.05) is 0 Å².